The molecule has 1 fully saturated rings. The molecule has 86 valence electrons. The Bertz CT molecular complexity index is 473. The number of hydrogen-bond donors (Lipinski definition) is 2. The molecule has 4 atom stereocenters. The maximum atomic E-state index is 11.0. The Hall–Kier alpha value is -1.44. The second-order valence-corrected chi connectivity index (χ2v) is 3.78. The van der Waals surface area contributed by atoms with Gasteiger partial charge in [-0.15, -0.1) is 0 Å². The van der Waals surface area contributed by atoms with Crippen LogP contribution in [0.2, 0.25) is 0 Å². The molecular weight excluding hydrogens is 216 g/mol. The largest absolute Gasteiger partial charge is 0.453 e. The van der Waals surface area contributed by atoms with E-state index in [2.05, 4.69) is 4.98 Å². The number of nitrogens with zero attached hydrogens (tertiary/aromatic N) is 2. The Kier molecular flexibility index (Phi) is 2.00. The summed E-state index contributed by atoms with van der Waals surface area (Å²) < 4.78 is 12.3. The number of aliphatic hydroxyl groups excluding tert-OH is 2. The van der Waals surface area contributed by atoms with E-state index in [1.807, 2.05) is 0 Å². The van der Waals surface area contributed by atoms with Crippen LogP contribution in [0.15, 0.2) is 17.1 Å². The topological polar surface area (TPSA) is 93.8 Å². The molecule has 2 aliphatic rings. The first kappa shape index (κ1) is 9.76. The van der Waals surface area contributed by atoms with Gasteiger partial charge in [-0.2, -0.15) is 4.98 Å². The van der Waals surface area contributed by atoms with E-state index in [9.17, 15) is 9.90 Å². The molecular formula is C9H10N2O5. The van der Waals surface area contributed by atoms with Crippen molar-refractivity contribution in [2.45, 2.75) is 24.5 Å². The zero-order chi connectivity index (χ0) is 11.3. The van der Waals surface area contributed by atoms with Crippen LogP contribution >= 0.6 is 0 Å². The van der Waals surface area contributed by atoms with Gasteiger partial charge in [0.1, 0.15) is 12.2 Å². The third kappa shape index (κ3) is 1.19. The summed E-state index contributed by atoms with van der Waals surface area (Å²) in [4.78, 5) is 14.7. The molecule has 3 heterocycles. The Labute approximate surface area is 89.9 Å². The van der Waals surface area contributed by atoms with Gasteiger partial charge in [-0.25, -0.2) is 0 Å². The molecule has 1 aromatic heterocycles. The molecule has 0 aliphatic carbocycles. The SMILES string of the molecule is O=c1ccn2c(n1)OC1C(O)[C@@H](CO)OC12. The molecule has 7 nitrogen and oxygen atoms in total. The standard InChI is InChI=1S/C9H10N2O5/c12-3-4-6(14)7-8(15-4)11-2-1-5(13)10-9(11)16-7/h1-2,4,6-8,12,14H,3H2/t4-,6?,7?,8?/m1/s1. The highest BCUT2D eigenvalue weighted by Gasteiger charge is 2.50. The summed E-state index contributed by atoms with van der Waals surface area (Å²) in [5.41, 5.74) is -0.403. The van der Waals surface area contributed by atoms with Crippen molar-refractivity contribution >= 4 is 0 Å². The number of fused-ring (bicyclic) bond motifs is 3. The van der Waals surface area contributed by atoms with Crippen molar-refractivity contribution in [2.24, 2.45) is 0 Å². The van der Waals surface area contributed by atoms with Crippen molar-refractivity contribution in [3.05, 3.63) is 22.6 Å². The molecule has 1 saturated heterocycles. The summed E-state index contributed by atoms with van der Waals surface area (Å²) in [5, 5.41) is 18.7. The Balaban J connectivity index is 1.99. The van der Waals surface area contributed by atoms with E-state index >= 15 is 0 Å². The molecule has 0 aromatic carbocycles. The average molecular weight is 226 g/mol. The Morgan fingerprint density at radius 3 is 3.12 bits per heavy atom. The molecule has 0 saturated carbocycles. The quantitative estimate of drug-likeness (QED) is 0.590. The first-order chi connectivity index (χ1) is 7.70. The van der Waals surface area contributed by atoms with E-state index in [4.69, 9.17) is 14.6 Å². The van der Waals surface area contributed by atoms with Gasteiger partial charge in [-0.3, -0.25) is 9.36 Å². The molecule has 3 rings (SSSR count). The first-order valence-electron chi connectivity index (χ1n) is 4.91. The fraction of sp³-hybridized carbons (Fsp3) is 0.556. The molecule has 2 aliphatic heterocycles. The van der Waals surface area contributed by atoms with Crippen LogP contribution in [0.4, 0.5) is 0 Å². The van der Waals surface area contributed by atoms with Gasteiger partial charge < -0.3 is 19.7 Å². The lowest BCUT2D eigenvalue weighted by molar-refractivity contribution is -0.0434. The molecule has 0 spiro atoms. The Morgan fingerprint density at radius 2 is 2.38 bits per heavy atom. The van der Waals surface area contributed by atoms with Gasteiger partial charge in [-0.05, 0) is 0 Å². The summed E-state index contributed by atoms with van der Waals surface area (Å²) in [5.74, 6) is 0. The van der Waals surface area contributed by atoms with Crippen LogP contribution in [0.5, 0.6) is 6.01 Å². The fourth-order valence-electron chi connectivity index (χ4n) is 2.02. The fourth-order valence-corrected chi connectivity index (χ4v) is 2.02. The van der Waals surface area contributed by atoms with Crippen LogP contribution in [-0.2, 0) is 4.74 Å². The second kappa shape index (κ2) is 3.27. The maximum absolute atomic E-state index is 11.0. The molecule has 7 heteroatoms. The van der Waals surface area contributed by atoms with Gasteiger partial charge in [0.2, 0.25) is 0 Å². The Morgan fingerprint density at radius 1 is 1.56 bits per heavy atom. The van der Waals surface area contributed by atoms with Gasteiger partial charge in [0.25, 0.3) is 5.56 Å². The molecule has 2 N–H and O–H groups in total. The van der Waals surface area contributed by atoms with Crippen LogP contribution in [0, 0.1) is 0 Å². The minimum Gasteiger partial charge on any atom is -0.453 e. The highest BCUT2D eigenvalue weighted by Crippen LogP contribution is 2.38. The molecule has 0 bridgehead atoms. The van der Waals surface area contributed by atoms with E-state index < -0.39 is 30.1 Å². The van der Waals surface area contributed by atoms with Gasteiger partial charge in [0.05, 0.1) is 6.61 Å². The zero-order valence-corrected chi connectivity index (χ0v) is 8.18. The first-order valence-corrected chi connectivity index (χ1v) is 4.91. The van der Waals surface area contributed by atoms with Gasteiger partial charge in [0, 0.05) is 12.3 Å². The van der Waals surface area contributed by atoms with Crippen molar-refractivity contribution in [1.82, 2.24) is 9.55 Å². The number of aliphatic hydroxyl groups is 2. The normalized spacial score (nSPS) is 35.6. The lowest BCUT2D eigenvalue weighted by Gasteiger charge is -2.13. The summed E-state index contributed by atoms with van der Waals surface area (Å²) in [6.45, 7) is -0.277. The van der Waals surface area contributed by atoms with E-state index in [-0.39, 0.29) is 12.6 Å². The predicted molar refractivity (Wildman–Crippen MR) is 49.9 cm³/mol. The highest BCUT2D eigenvalue weighted by atomic mass is 16.6. The van der Waals surface area contributed by atoms with Crippen molar-refractivity contribution < 1.29 is 19.7 Å². The highest BCUT2D eigenvalue weighted by molar-refractivity contribution is 5.10. The number of ether oxygens (including phenoxy) is 2. The van der Waals surface area contributed by atoms with Crippen molar-refractivity contribution in [2.75, 3.05) is 6.61 Å². The summed E-state index contributed by atoms with van der Waals surface area (Å²) in [6, 6.07) is 1.43. The summed E-state index contributed by atoms with van der Waals surface area (Å²) >= 11 is 0. The minimum atomic E-state index is -0.924. The molecule has 3 unspecified atom stereocenters. The van der Waals surface area contributed by atoms with Gasteiger partial charge in [-0.1, -0.05) is 0 Å². The van der Waals surface area contributed by atoms with E-state index in [0.29, 0.717) is 0 Å². The van der Waals surface area contributed by atoms with Crippen LogP contribution in [0.1, 0.15) is 6.23 Å². The smallest absolute Gasteiger partial charge is 0.302 e. The minimum absolute atomic E-state index is 0.137. The van der Waals surface area contributed by atoms with Gasteiger partial charge >= 0.3 is 6.01 Å². The lowest BCUT2D eigenvalue weighted by atomic mass is 10.1. The monoisotopic (exact) mass is 226 g/mol. The van der Waals surface area contributed by atoms with E-state index in [0.717, 1.165) is 0 Å². The number of rotatable bonds is 1. The molecule has 16 heavy (non-hydrogen) atoms. The third-order valence-corrected chi connectivity index (χ3v) is 2.81. The van der Waals surface area contributed by atoms with Crippen molar-refractivity contribution in [3.63, 3.8) is 0 Å². The third-order valence-electron chi connectivity index (χ3n) is 2.81. The van der Waals surface area contributed by atoms with Crippen LogP contribution in [-0.4, -0.2) is 44.7 Å². The van der Waals surface area contributed by atoms with E-state index in [1.165, 1.54) is 16.8 Å². The number of aromatic nitrogens is 2. The van der Waals surface area contributed by atoms with Crippen LogP contribution < -0.4 is 10.3 Å². The second-order valence-electron chi connectivity index (χ2n) is 3.78. The summed E-state index contributed by atoms with van der Waals surface area (Å²) in [6.07, 6.45) is -1.24. The van der Waals surface area contributed by atoms with Crippen molar-refractivity contribution in [3.8, 4) is 6.01 Å². The number of hydrogen-bond acceptors (Lipinski definition) is 6. The average Bonchev–Trinajstić information content (AvgIpc) is 2.75. The van der Waals surface area contributed by atoms with Crippen molar-refractivity contribution in [1.29, 1.82) is 0 Å². The molecule has 1 aromatic rings. The lowest BCUT2D eigenvalue weighted by Crippen LogP contribution is -2.34. The summed E-state index contributed by atoms with van der Waals surface area (Å²) in [7, 11) is 0. The predicted octanol–water partition coefficient (Wildman–Crippen LogP) is -1.75. The van der Waals surface area contributed by atoms with Crippen LogP contribution in [0.25, 0.3) is 0 Å². The van der Waals surface area contributed by atoms with Crippen LogP contribution in [0.3, 0.4) is 0 Å². The maximum Gasteiger partial charge on any atom is 0.302 e. The van der Waals surface area contributed by atoms with Gasteiger partial charge in [0.15, 0.2) is 12.3 Å². The van der Waals surface area contributed by atoms with E-state index in [1.54, 1.807) is 0 Å². The zero-order valence-electron chi connectivity index (χ0n) is 8.18. The molecule has 0 amide bonds. The molecule has 0 radical (unpaired) electrons.